The summed E-state index contributed by atoms with van der Waals surface area (Å²) in [4.78, 5) is 28.5. The molecule has 0 N–H and O–H groups in total. The van der Waals surface area contributed by atoms with Crippen molar-refractivity contribution in [1.29, 1.82) is 0 Å². The molecule has 4 rings (SSSR count). The molecule has 3 aromatic rings. The predicted molar refractivity (Wildman–Crippen MR) is 111 cm³/mol. The van der Waals surface area contributed by atoms with E-state index in [0.717, 1.165) is 17.5 Å². The van der Waals surface area contributed by atoms with Gasteiger partial charge in [0.05, 0.1) is 0 Å². The van der Waals surface area contributed by atoms with Crippen molar-refractivity contribution in [2.45, 2.75) is 12.8 Å². The van der Waals surface area contributed by atoms with Gasteiger partial charge in [-0.2, -0.15) is 0 Å². The SMILES string of the molecule is O=C1CCCN1CN(C(=O)c1ccc(-c2ccccc2)cc1)c1ccc(F)cc1. The molecule has 0 aliphatic carbocycles. The summed E-state index contributed by atoms with van der Waals surface area (Å²) in [6, 6.07) is 23.1. The number of carbonyl (C=O) groups is 2. The zero-order valence-electron chi connectivity index (χ0n) is 15.9. The van der Waals surface area contributed by atoms with Gasteiger partial charge in [-0.1, -0.05) is 42.5 Å². The van der Waals surface area contributed by atoms with E-state index in [1.165, 1.54) is 17.0 Å². The molecule has 0 unspecified atom stereocenters. The van der Waals surface area contributed by atoms with Crippen LogP contribution in [0.5, 0.6) is 0 Å². The smallest absolute Gasteiger partial charge is 0.259 e. The minimum atomic E-state index is -0.370. The lowest BCUT2D eigenvalue weighted by Crippen LogP contribution is -2.42. The Morgan fingerprint density at radius 1 is 0.897 bits per heavy atom. The molecule has 0 saturated carbocycles. The first-order valence-corrected chi connectivity index (χ1v) is 9.62. The van der Waals surface area contributed by atoms with Gasteiger partial charge in [-0.3, -0.25) is 14.5 Å². The highest BCUT2D eigenvalue weighted by Gasteiger charge is 2.26. The summed E-state index contributed by atoms with van der Waals surface area (Å²) in [5, 5.41) is 0. The molecule has 0 radical (unpaired) electrons. The third kappa shape index (κ3) is 4.19. The van der Waals surface area contributed by atoms with E-state index in [2.05, 4.69) is 0 Å². The van der Waals surface area contributed by atoms with Crippen LogP contribution in [-0.4, -0.2) is 29.9 Å². The molecule has 1 fully saturated rings. The van der Waals surface area contributed by atoms with Crippen LogP contribution in [0.1, 0.15) is 23.2 Å². The molecule has 29 heavy (non-hydrogen) atoms. The molecule has 0 aromatic heterocycles. The van der Waals surface area contributed by atoms with Crippen molar-refractivity contribution in [1.82, 2.24) is 4.90 Å². The lowest BCUT2D eigenvalue weighted by Gasteiger charge is -2.28. The van der Waals surface area contributed by atoms with Crippen LogP contribution >= 0.6 is 0 Å². The number of rotatable bonds is 5. The maximum absolute atomic E-state index is 13.4. The number of halogens is 1. The topological polar surface area (TPSA) is 40.6 Å². The number of nitrogens with zero attached hydrogens (tertiary/aromatic N) is 2. The summed E-state index contributed by atoms with van der Waals surface area (Å²) < 4.78 is 13.4. The van der Waals surface area contributed by atoms with Crippen LogP contribution < -0.4 is 4.90 Å². The highest BCUT2D eigenvalue weighted by Crippen LogP contribution is 2.23. The fraction of sp³-hybridized carbons (Fsp3) is 0.167. The first kappa shape index (κ1) is 18.9. The lowest BCUT2D eigenvalue weighted by molar-refractivity contribution is -0.127. The number of anilines is 1. The fourth-order valence-corrected chi connectivity index (χ4v) is 3.50. The van der Waals surface area contributed by atoms with Gasteiger partial charge in [-0.15, -0.1) is 0 Å². The summed E-state index contributed by atoms with van der Waals surface area (Å²) in [7, 11) is 0. The van der Waals surface area contributed by atoms with E-state index in [0.29, 0.717) is 24.2 Å². The van der Waals surface area contributed by atoms with E-state index in [1.54, 1.807) is 29.2 Å². The first-order valence-electron chi connectivity index (χ1n) is 9.62. The maximum Gasteiger partial charge on any atom is 0.259 e. The molecular formula is C24H21FN2O2. The highest BCUT2D eigenvalue weighted by molar-refractivity contribution is 6.06. The fourth-order valence-electron chi connectivity index (χ4n) is 3.50. The van der Waals surface area contributed by atoms with Gasteiger partial charge in [0.25, 0.3) is 5.91 Å². The first-order chi connectivity index (χ1) is 14.1. The second-order valence-corrected chi connectivity index (χ2v) is 7.06. The van der Waals surface area contributed by atoms with Crippen LogP contribution in [-0.2, 0) is 4.79 Å². The van der Waals surface area contributed by atoms with Crippen LogP contribution in [0.25, 0.3) is 11.1 Å². The number of likely N-dealkylation sites (tertiary alicyclic amines) is 1. The quantitative estimate of drug-likeness (QED) is 0.635. The molecule has 0 atom stereocenters. The number of hydrogen-bond donors (Lipinski definition) is 0. The highest BCUT2D eigenvalue weighted by atomic mass is 19.1. The molecule has 3 aromatic carbocycles. The van der Waals surface area contributed by atoms with Gasteiger partial charge in [0.1, 0.15) is 12.5 Å². The summed E-state index contributed by atoms with van der Waals surface area (Å²) in [6.45, 7) is 0.778. The minimum absolute atomic E-state index is 0.0318. The number of hydrogen-bond acceptors (Lipinski definition) is 2. The second-order valence-electron chi connectivity index (χ2n) is 7.06. The summed E-state index contributed by atoms with van der Waals surface area (Å²) in [5.74, 6) is -0.564. The molecule has 1 aliphatic heterocycles. The van der Waals surface area contributed by atoms with Gasteiger partial charge < -0.3 is 4.90 Å². The average molecular weight is 388 g/mol. The van der Waals surface area contributed by atoms with Crippen molar-refractivity contribution in [2.75, 3.05) is 18.1 Å². The number of amides is 2. The second kappa shape index (κ2) is 8.27. The van der Waals surface area contributed by atoms with Gasteiger partial charge in [-0.25, -0.2) is 4.39 Å². The van der Waals surface area contributed by atoms with Crippen molar-refractivity contribution in [3.63, 3.8) is 0 Å². The third-order valence-corrected chi connectivity index (χ3v) is 5.11. The Labute approximate surface area is 169 Å². The summed E-state index contributed by atoms with van der Waals surface area (Å²) in [6.07, 6.45) is 1.28. The molecular weight excluding hydrogens is 367 g/mol. The van der Waals surface area contributed by atoms with E-state index >= 15 is 0 Å². The van der Waals surface area contributed by atoms with Crippen molar-refractivity contribution in [3.05, 3.63) is 90.2 Å². The van der Waals surface area contributed by atoms with Crippen molar-refractivity contribution in [3.8, 4) is 11.1 Å². The molecule has 4 nitrogen and oxygen atoms in total. The monoisotopic (exact) mass is 388 g/mol. The van der Waals surface area contributed by atoms with Crippen LogP contribution in [0.4, 0.5) is 10.1 Å². The van der Waals surface area contributed by atoms with Crippen LogP contribution in [0.2, 0.25) is 0 Å². The van der Waals surface area contributed by atoms with E-state index in [-0.39, 0.29) is 24.3 Å². The van der Waals surface area contributed by atoms with Crippen LogP contribution in [0.3, 0.4) is 0 Å². The average Bonchev–Trinajstić information content (AvgIpc) is 3.17. The Bertz CT molecular complexity index is 1000. The van der Waals surface area contributed by atoms with Gasteiger partial charge in [0.2, 0.25) is 5.91 Å². The molecule has 146 valence electrons. The largest absolute Gasteiger partial charge is 0.324 e. The summed E-state index contributed by atoms with van der Waals surface area (Å²) >= 11 is 0. The maximum atomic E-state index is 13.4. The third-order valence-electron chi connectivity index (χ3n) is 5.11. The molecule has 0 spiro atoms. The van der Waals surface area contributed by atoms with Crippen LogP contribution in [0, 0.1) is 5.82 Å². The lowest BCUT2D eigenvalue weighted by atomic mass is 10.0. The molecule has 2 amide bonds. The standard InChI is InChI=1S/C24H21FN2O2/c25-21-12-14-22(15-13-21)27(17-26-16-4-7-23(26)28)24(29)20-10-8-19(9-11-20)18-5-2-1-3-6-18/h1-3,5-6,8-15H,4,7,16-17H2. The Kier molecular flexibility index (Phi) is 5.38. The van der Waals surface area contributed by atoms with Gasteiger partial charge >= 0.3 is 0 Å². The van der Waals surface area contributed by atoms with E-state index in [1.807, 2.05) is 42.5 Å². The Morgan fingerprint density at radius 3 is 2.17 bits per heavy atom. The van der Waals surface area contributed by atoms with Crippen molar-refractivity contribution < 1.29 is 14.0 Å². The number of benzene rings is 3. The normalized spacial score (nSPS) is 13.6. The summed E-state index contributed by atoms with van der Waals surface area (Å²) in [5.41, 5.74) is 3.17. The minimum Gasteiger partial charge on any atom is -0.324 e. The van der Waals surface area contributed by atoms with Gasteiger partial charge in [0.15, 0.2) is 0 Å². The van der Waals surface area contributed by atoms with Crippen molar-refractivity contribution in [2.24, 2.45) is 0 Å². The Morgan fingerprint density at radius 2 is 1.55 bits per heavy atom. The molecule has 1 saturated heterocycles. The zero-order valence-corrected chi connectivity index (χ0v) is 15.9. The van der Waals surface area contributed by atoms with Crippen LogP contribution in [0.15, 0.2) is 78.9 Å². The van der Waals surface area contributed by atoms with E-state index < -0.39 is 0 Å². The van der Waals surface area contributed by atoms with E-state index in [9.17, 15) is 14.0 Å². The molecule has 5 heteroatoms. The Hall–Kier alpha value is -3.47. The van der Waals surface area contributed by atoms with E-state index in [4.69, 9.17) is 0 Å². The molecule has 1 heterocycles. The predicted octanol–water partition coefficient (Wildman–Crippen LogP) is 4.72. The Balaban J connectivity index is 1.61. The number of carbonyl (C=O) groups excluding carboxylic acids is 2. The molecule has 1 aliphatic rings. The molecule has 0 bridgehead atoms. The van der Waals surface area contributed by atoms with Crippen molar-refractivity contribution >= 4 is 17.5 Å². The van der Waals surface area contributed by atoms with Gasteiger partial charge in [0, 0.05) is 24.2 Å². The van der Waals surface area contributed by atoms with Gasteiger partial charge in [-0.05, 0) is 53.9 Å². The zero-order chi connectivity index (χ0) is 20.2.